The number of hydrogen-bond acceptors (Lipinski definition) is 3. The zero-order chi connectivity index (χ0) is 14.7. The summed E-state index contributed by atoms with van der Waals surface area (Å²) in [4.78, 5) is 4.81. The average Bonchev–Trinajstić information content (AvgIpc) is 3.01. The Labute approximate surface area is 124 Å². The van der Waals surface area contributed by atoms with E-state index in [4.69, 9.17) is 4.98 Å². The molecule has 1 aromatic carbocycles. The number of aromatic nitrogens is 3. The number of benzene rings is 1. The molecule has 2 heterocycles. The van der Waals surface area contributed by atoms with E-state index in [9.17, 15) is 0 Å². The van der Waals surface area contributed by atoms with E-state index < -0.39 is 0 Å². The van der Waals surface area contributed by atoms with Gasteiger partial charge in [0.15, 0.2) is 0 Å². The van der Waals surface area contributed by atoms with Crippen LogP contribution in [-0.4, -0.2) is 21.3 Å². The van der Waals surface area contributed by atoms with Crippen molar-refractivity contribution in [2.75, 3.05) is 6.54 Å². The van der Waals surface area contributed by atoms with Crippen LogP contribution in [0.4, 0.5) is 0 Å². The van der Waals surface area contributed by atoms with Gasteiger partial charge in [0.25, 0.3) is 0 Å². The maximum atomic E-state index is 4.81. The van der Waals surface area contributed by atoms with Gasteiger partial charge in [0, 0.05) is 23.7 Å². The minimum Gasteiger partial charge on any atom is -0.305 e. The number of aryl methyl sites for hydroxylation is 1. The quantitative estimate of drug-likeness (QED) is 0.780. The smallest absolute Gasteiger partial charge is 0.0782 e. The second-order valence-electron chi connectivity index (χ2n) is 5.05. The fraction of sp³-hybridized carbons (Fsp3) is 0.294. The first-order chi connectivity index (χ1) is 10.3. The highest BCUT2D eigenvalue weighted by Crippen LogP contribution is 2.22. The van der Waals surface area contributed by atoms with Gasteiger partial charge in [-0.25, -0.2) is 0 Å². The first kappa shape index (κ1) is 13.8. The van der Waals surface area contributed by atoms with Gasteiger partial charge < -0.3 is 5.32 Å². The molecule has 0 fully saturated rings. The third-order valence-electron chi connectivity index (χ3n) is 3.63. The number of nitrogens with one attached hydrogen (secondary N) is 1. The maximum absolute atomic E-state index is 4.81. The lowest BCUT2D eigenvalue weighted by molar-refractivity contribution is 0.613. The first-order valence-electron chi connectivity index (χ1n) is 7.43. The van der Waals surface area contributed by atoms with Crippen LogP contribution in [0.5, 0.6) is 0 Å². The zero-order valence-corrected chi connectivity index (χ0v) is 12.5. The van der Waals surface area contributed by atoms with Crippen LogP contribution < -0.4 is 5.32 Å². The van der Waals surface area contributed by atoms with E-state index in [0.717, 1.165) is 29.9 Å². The number of nitrogens with zero attached hydrogens (tertiary/aromatic N) is 3. The fourth-order valence-electron chi connectivity index (χ4n) is 2.54. The molecule has 0 aliphatic carbocycles. The molecule has 0 aliphatic rings. The van der Waals surface area contributed by atoms with E-state index in [1.54, 1.807) is 0 Å². The third kappa shape index (κ3) is 2.81. The number of pyridine rings is 1. The molecule has 0 bridgehead atoms. The van der Waals surface area contributed by atoms with Crippen molar-refractivity contribution in [2.24, 2.45) is 0 Å². The number of hydrogen-bond donors (Lipinski definition) is 1. The number of para-hydroxylation sites is 1. The summed E-state index contributed by atoms with van der Waals surface area (Å²) in [7, 11) is 0. The van der Waals surface area contributed by atoms with Crippen molar-refractivity contribution < 1.29 is 0 Å². The Kier molecular flexibility index (Phi) is 3.97. The van der Waals surface area contributed by atoms with Crippen LogP contribution >= 0.6 is 0 Å². The first-order valence-corrected chi connectivity index (χ1v) is 7.43. The summed E-state index contributed by atoms with van der Waals surface area (Å²) in [5.41, 5.74) is 3.22. The molecule has 0 radical (unpaired) electrons. The third-order valence-corrected chi connectivity index (χ3v) is 3.63. The molecule has 0 spiro atoms. The van der Waals surface area contributed by atoms with Gasteiger partial charge in [-0.2, -0.15) is 5.10 Å². The highest BCUT2D eigenvalue weighted by molar-refractivity contribution is 5.78. The molecule has 3 rings (SSSR count). The largest absolute Gasteiger partial charge is 0.305 e. The van der Waals surface area contributed by atoms with E-state index in [1.807, 2.05) is 23.0 Å². The normalized spacial score (nSPS) is 12.7. The molecular weight excluding hydrogens is 260 g/mol. The van der Waals surface area contributed by atoms with Crippen LogP contribution in [0.1, 0.15) is 31.1 Å². The minimum atomic E-state index is 0.0832. The van der Waals surface area contributed by atoms with Gasteiger partial charge >= 0.3 is 0 Å². The lowest BCUT2D eigenvalue weighted by Gasteiger charge is -2.16. The molecule has 0 saturated carbocycles. The van der Waals surface area contributed by atoms with E-state index in [1.165, 1.54) is 5.39 Å². The molecular formula is C17H20N4. The van der Waals surface area contributed by atoms with Gasteiger partial charge in [0.1, 0.15) is 0 Å². The predicted octanol–water partition coefficient (Wildman–Crippen LogP) is 3.15. The Morgan fingerprint density at radius 1 is 1.14 bits per heavy atom. The summed E-state index contributed by atoms with van der Waals surface area (Å²) in [6.07, 6.45) is 4.01. The molecule has 4 nitrogen and oxygen atoms in total. The lowest BCUT2D eigenvalue weighted by Crippen LogP contribution is -2.22. The Morgan fingerprint density at radius 3 is 2.76 bits per heavy atom. The molecule has 4 heteroatoms. The Morgan fingerprint density at radius 2 is 2.00 bits per heavy atom. The second-order valence-corrected chi connectivity index (χ2v) is 5.05. The summed E-state index contributed by atoms with van der Waals surface area (Å²) >= 11 is 0. The highest BCUT2D eigenvalue weighted by Gasteiger charge is 2.16. The van der Waals surface area contributed by atoms with E-state index in [0.29, 0.717) is 0 Å². The highest BCUT2D eigenvalue weighted by atomic mass is 15.3. The topological polar surface area (TPSA) is 42.7 Å². The molecule has 1 N–H and O–H groups in total. The van der Waals surface area contributed by atoms with Crippen molar-refractivity contribution in [1.29, 1.82) is 0 Å². The number of fused-ring (bicyclic) bond motifs is 1. The molecule has 108 valence electrons. The van der Waals surface area contributed by atoms with Crippen molar-refractivity contribution in [3.63, 3.8) is 0 Å². The molecule has 0 aliphatic heterocycles. The van der Waals surface area contributed by atoms with Crippen LogP contribution in [-0.2, 0) is 6.54 Å². The van der Waals surface area contributed by atoms with Gasteiger partial charge in [-0.05, 0) is 25.6 Å². The van der Waals surface area contributed by atoms with Gasteiger partial charge in [0.05, 0.1) is 23.4 Å². The van der Waals surface area contributed by atoms with Crippen LogP contribution in [0.3, 0.4) is 0 Å². The van der Waals surface area contributed by atoms with E-state index >= 15 is 0 Å². The van der Waals surface area contributed by atoms with Crippen LogP contribution in [0.15, 0.2) is 48.8 Å². The van der Waals surface area contributed by atoms with E-state index in [-0.39, 0.29) is 6.04 Å². The van der Waals surface area contributed by atoms with Gasteiger partial charge in [-0.3, -0.25) is 9.67 Å². The summed E-state index contributed by atoms with van der Waals surface area (Å²) in [5, 5.41) is 9.04. The summed E-state index contributed by atoms with van der Waals surface area (Å²) in [5.74, 6) is 0. The van der Waals surface area contributed by atoms with Crippen LogP contribution in [0, 0.1) is 0 Å². The van der Waals surface area contributed by atoms with Crippen molar-refractivity contribution in [3.8, 4) is 0 Å². The monoisotopic (exact) mass is 280 g/mol. The zero-order valence-electron chi connectivity index (χ0n) is 12.5. The van der Waals surface area contributed by atoms with Crippen molar-refractivity contribution in [1.82, 2.24) is 20.1 Å². The summed E-state index contributed by atoms with van der Waals surface area (Å²) < 4.78 is 1.95. The van der Waals surface area contributed by atoms with Crippen molar-refractivity contribution >= 4 is 10.9 Å². The minimum absolute atomic E-state index is 0.0832. The van der Waals surface area contributed by atoms with Gasteiger partial charge in [-0.15, -0.1) is 0 Å². The van der Waals surface area contributed by atoms with Gasteiger partial charge in [0.2, 0.25) is 0 Å². The van der Waals surface area contributed by atoms with Crippen LogP contribution in [0.2, 0.25) is 0 Å². The summed E-state index contributed by atoms with van der Waals surface area (Å²) in [6, 6.07) is 12.5. The number of rotatable bonds is 5. The average molecular weight is 280 g/mol. The molecule has 1 unspecified atom stereocenters. The van der Waals surface area contributed by atoms with Crippen molar-refractivity contribution in [2.45, 2.75) is 26.4 Å². The van der Waals surface area contributed by atoms with Crippen LogP contribution in [0.25, 0.3) is 10.9 Å². The maximum Gasteiger partial charge on any atom is 0.0782 e. The van der Waals surface area contributed by atoms with E-state index in [2.05, 4.69) is 54.7 Å². The SMILES string of the molecule is CCNC(c1cnn(CC)c1)c1ccc2ccccc2n1. The molecule has 2 aromatic heterocycles. The Balaban J connectivity index is 2.01. The molecule has 3 aromatic rings. The fourth-order valence-corrected chi connectivity index (χ4v) is 2.54. The lowest BCUT2D eigenvalue weighted by atomic mass is 10.1. The molecule has 0 saturated heterocycles. The summed E-state index contributed by atoms with van der Waals surface area (Å²) in [6.45, 7) is 5.96. The van der Waals surface area contributed by atoms with Gasteiger partial charge in [-0.1, -0.05) is 31.2 Å². The Hall–Kier alpha value is -2.20. The molecule has 1 atom stereocenters. The standard InChI is InChI=1S/C17H20N4/c1-3-18-17(14-11-19-21(4-2)12-14)16-10-9-13-7-5-6-8-15(13)20-16/h5-12,17-18H,3-4H2,1-2H3. The predicted molar refractivity (Wildman–Crippen MR) is 85.2 cm³/mol. The second kappa shape index (κ2) is 6.06. The molecule has 0 amide bonds. The molecule has 21 heavy (non-hydrogen) atoms. The van der Waals surface area contributed by atoms with Crippen molar-refractivity contribution in [3.05, 3.63) is 60.0 Å². The Bertz CT molecular complexity index is 732.